The van der Waals surface area contributed by atoms with Gasteiger partial charge >= 0.3 is 0 Å². The Morgan fingerprint density at radius 2 is 2.10 bits per heavy atom. The number of halogens is 1. The number of ketones is 1. The van der Waals surface area contributed by atoms with Gasteiger partial charge < -0.3 is 4.42 Å². The number of hydrogen-bond acceptors (Lipinski definition) is 6. The standard InChI is InChI=1S/C14H9ClN2O2S2/c15-10-5-2-1-4-9(10)11(18)8-21-14-17-16-13(19-14)12-6-3-7-20-12/h1-7H,8H2. The molecular weight excluding hydrogens is 328 g/mol. The largest absolute Gasteiger partial charge is 0.410 e. The van der Waals surface area contributed by atoms with E-state index >= 15 is 0 Å². The lowest BCUT2D eigenvalue weighted by atomic mass is 10.1. The van der Waals surface area contributed by atoms with Crippen LogP contribution in [0.2, 0.25) is 5.02 Å². The summed E-state index contributed by atoms with van der Waals surface area (Å²) in [5.74, 6) is 0.606. The molecule has 0 radical (unpaired) electrons. The summed E-state index contributed by atoms with van der Waals surface area (Å²) in [5.41, 5.74) is 0.504. The number of Topliss-reactive ketones (excluding diaryl/α,β-unsaturated/α-hetero) is 1. The topological polar surface area (TPSA) is 56.0 Å². The minimum Gasteiger partial charge on any atom is -0.410 e. The van der Waals surface area contributed by atoms with Crippen LogP contribution in [0.4, 0.5) is 0 Å². The van der Waals surface area contributed by atoms with Crippen LogP contribution in [0.25, 0.3) is 10.8 Å². The first-order chi connectivity index (χ1) is 10.2. The van der Waals surface area contributed by atoms with Crippen molar-refractivity contribution >= 4 is 40.5 Å². The van der Waals surface area contributed by atoms with Gasteiger partial charge in [-0.3, -0.25) is 4.79 Å². The van der Waals surface area contributed by atoms with Gasteiger partial charge in [-0.1, -0.05) is 41.6 Å². The molecular formula is C14H9ClN2O2S2. The van der Waals surface area contributed by atoms with Gasteiger partial charge in [0.15, 0.2) is 5.78 Å². The van der Waals surface area contributed by atoms with E-state index in [0.29, 0.717) is 21.7 Å². The van der Waals surface area contributed by atoms with Gasteiger partial charge in [-0.15, -0.1) is 21.5 Å². The van der Waals surface area contributed by atoms with Gasteiger partial charge in [0.1, 0.15) is 0 Å². The molecule has 1 aromatic carbocycles. The highest BCUT2D eigenvalue weighted by Gasteiger charge is 2.14. The van der Waals surface area contributed by atoms with Gasteiger partial charge in [-0.05, 0) is 23.6 Å². The Balaban J connectivity index is 1.66. The van der Waals surface area contributed by atoms with Crippen molar-refractivity contribution in [3.8, 4) is 10.8 Å². The molecule has 0 N–H and O–H groups in total. The predicted molar refractivity (Wildman–Crippen MR) is 84.1 cm³/mol. The summed E-state index contributed by atoms with van der Waals surface area (Å²) >= 11 is 8.72. The van der Waals surface area contributed by atoms with Crippen molar-refractivity contribution in [1.29, 1.82) is 0 Å². The molecule has 3 aromatic rings. The lowest BCUT2D eigenvalue weighted by Crippen LogP contribution is -2.02. The molecule has 3 rings (SSSR count). The SMILES string of the molecule is O=C(CSc1nnc(-c2cccs2)o1)c1ccccc1Cl. The second kappa shape index (κ2) is 6.43. The molecule has 0 spiro atoms. The Morgan fingerprint density at radius 1 is 1.24 bits per heavy atom. The zero-order valence-electron chi connectivity index (χ0n) is 10.7. The van der Waals surface area contributed by atoms with E-state index in [1.807, 2.05) is 17.5 Å². The molecule has 0 amide bonds. The summed E-state index contributed by atoms with van der Waals surface area (Å²) in [6.45, 7) is 0. The van der Waals surface area contributed by atoms with Crippen LogP contribution in [-0.4, -0.2) is 21.7 Å². The molecule has 0 fully saturated rings. The average Bonchev–Trinajstić information content (AvgIpc) is 3.16. The average molecular weight is 337 g/mol. The number of benzene rings is 1. The van der Waals surface area contributed by atoms with E-state index in [-0.39, 0.29) is 11.5 Å². The van der Waals surface area contributed by atoms with Crippen LogP contribution in [0.15, 0.2) is 51.4 Å². The Bertz CT molecular complexity index is 756. The number of rotatable bonds is 5. The van der Waals surface area contributed by atoms with E-state index in [1.54, 1.807) is 24.3 Å². The van der Waals surface area contributed by atoms with Gasteiger partial charge in [0.2, 0.25) is 0 Å². The lowest BCUT2D eigenvalue weighted by Gasteiger charge is -2.00. The third-order valence-electron chi connectivity index (χ3n) is 2.64. The monoisotopic (exact) mass is 336 g/mol. The highest BCUT2D eigenvalue weighted by Crippen LogP contribution is 2.27. The summed E-state index contributed by atoms with van der Waals surface area (Å²) in [6.07, 6.45) is 0. The smallest absolute Gasteiger partial charge is 0.277 e. The lowest BCUT2D eigenvalue weighted by molar-refractivity contribution is 0.102. The summed E-state index contributed by atoms with van der Waals surface area (Å²) in [6, 6.07) is 10.8. The van der Waals surface area contributed by atoms with E-state index < -0.39 is 0 Å². The molecule has 106 valence electrons. The van der Waals surface area contributed by atoms with Crippen LogP contribution in [-0.2, 0) is 0 Å². The Labute approximate surface area is 134 Å². The van der Waals surface area contributed by atoms with Crippen LogP contribution in [0, 0.1) is 0 Å². The van der Waals surface area contributed by atoms with E-state index in [2.05, 4.69) is 10.2 Å². The molecule has 0 saturated carbocycles. The first-order valence-corrected chi connectivity index (χ1v) is 8.26. The quantitative estimate of drug-likeness (QED) is 0.509. The molecule has 0 aliphatic carbocycles. The molecule has 0 atom stereocenters. The van der Waals surface area contributed by atoms with Crippen molar-refractivity contribution in [3.63, 3.8) is 0 Å². The first kappa shape index (κ1) is 14.3. The van der Waals surface area contributed by atoms with Gasteiger partial charge in [0.05, 0.1) is 15.7 Å². The number of nitrogens with zero attached hydrogens (tertiary/aromatic N) is 2. The third kappa shape index (κ3) is 3.34. The van der Waals surface area contributed by atoms with Crippen LogP contribution in [0.3, 0.4) is 0 Å². The maximum Gasteiger partial charge on any atom is 0.277 e. The first-order valence-electron chi connectivity index (χ1n) is 6.02. The molecule has 0 aliphatic heterocycles. The summed E-state index contributed by atoms with van der Waals surface area (Å²) in [7, 11) is 0. The normalized spacial score (nSPS) is 10.7. The van der Waals surface area contributed by atoms with Crippen molar-refractivity contribution < 1.29 is 9.21 Å². The van der Waals surface area contributed by atoms with Crippen LogP contribution in [0.1, 0.15) is 10.4 Å². The van der Waals surface area contributed by atoms with Gasteiger partial charge in [0.25, 0.3) is 11.1 Å². The van der Waals surface area contributed by atoms with Crippen LogP contribution >= 0.6 is 34.7 Å². The summed E-state index contributed by atoms with van der Waals surface area (Å²) in [4.78, 5) is 13.0. The fraction of sp³-hybridized carbons (Fsp3) is 0.0714. The number of aromatic nitrogens is 2. The molecule has 0 saturated heterocycles. The number of carbonyl (C=O) groups excluding carboxylic acids is 1. The second-order valence-electron chi connectivity index (χ2n) is 4.04. The fourth-order valence-corrected chi connectivity index (χ4v) is 3.19. The van der Waals surface area contributed by atoms with Gasteiger partial charge in [0, 0.05) is 5.56 Å². The molecule has 2 aromatic heterocycles. The minimum atomic E-state index is -0.0681. The number of carbonyl (C=O) groups is 1. The summed E-state index contributed by atoms with van der Waals surface area (Å²) < 4.78 is 5.51. The minimum absolute atomic E-state index is 0.0681. The maximum absolute atomic E-state index is 12.1. The van der Waals surface area contributed by atoms with Gasteiger partial charge in [-0.25, -0.2) is 0 Å². The molecule has 2 heterocycles. The zero-order chi connectivity index (χ0) is 14.7. The highest BCUT2D eigenvalue weighted by atomic mass is 35.5. The van der Waals surface area contributed by atoms with Gasteiger partial charge in [-0.2, -0.15) is 0 Å². The Morgan fingerprint density at radius 3 is 2.86 bits per heavy atom. The Hall–Kier alpha value is -1.63. The van der Waals surface area contributed by atoms with Crippen LogP contribution < -0.4 is 0 Å². The number of thioether (sulfide) groups is 1. The van der Waals surface area contributed by atoms with Crippen molar-refractivity contribution in [3.05, 3.63) is 52.4 Å². The van der Waals surface area contributed by atoms with E-state index in [1.165, 1.54) is 23.1 Å². The molecule has 0 bridgehead atoms. The van der Waals surface area contributed by atoms with E-state index in [0.717, 1.165) is 4.88 Å². The zero-order valence-corrected chi connectivity index (χ0v) is 13.0. The molecule has 7 heteroatoms. The van der Waals surface area contributed by atoms with Crippen molar-refractivity contribution in [2.45, 2.75) is 5.22 Å². The van der Waals surface area contributed by atoms with Crippen molar-refractivity contribution in [2.75, 3.05) is 5.75 Å². The third-order valence-corrected chi connectivity index (χ3v) is 4.65. The Kier molecular flexibility index (Phi) is 4.38. The predicted octanol–water partition coefficient (Wildman–Crippen LogP) is 4.43. The number of thiophene rings is 1. The maximum atomic E-state index is 12.1. The molecule has 0 aliphatic rings. The van der Waals surface area contributed by atoms with E-state index in [4.69, 9.17) is 16.0 Å². The highest BCUT2D eigenvalue weighted by molar-refractivity contribution is 7.99. The second-order valence-corrected chi connectivity index (χ2v) is 6.32. The molecule has 0 unspecified atom stereocenters. The van der Waals surface area contributed by atoms with Crippen LogP contribution in [0.5, 0.6) is 0 Å². The molecule has 21 heavy (non-hydrogen) atoms. The number of hydrogen-bond donors (Lipinski definition) is 0. The van der Waals surface area contributed by atoms with Crippen molar-refractivity contribution in [1.82, 2.24) is 10.2 Å². The fourth-order valence-electron chi connectivity index (χ4n) is 1.66. The summed E-state index contributed by atoms with van der Waals surface area (Å²) in [5, 5.41) is 10.7. The van der Waals surface area contributed by atoms with E-state index in [9.17, 15) is 4.79 Å². The molecule has 4 nitrogen and oxygen atoms in total. The van der Waals surface area contributed by atoms with Crippen molar-refractivity contribution in [2.24, 2.45) is 0 Å².